The highest BCUT2D eigenvalue weighted by Gasteiger charge is 2.70. The van der Waals surface area contributed by atoms with E-state index in [0.29, 0.717) is 35.5 Å². The largest absolute Gasteiger partial charge is 0.386 e. The minimum atomic E-state index is -0.958. The van der Waals surface area contributed by atoms with Gasteiger partial charge in [0.15, 0.2) is 0 Å². The fraction of sp³-hybridized carbons (Fsp3) is 0.600. The van der Waals surface area contributed by atoms with Gasteiger partial charge in [0.25, 0.3) is 0 Å². The summed E-state index contributed by atoms with van der Waals surface area (Å²) in [6, 6.07) is 0. The third-order valence-electron chi connectivity index (χ3n) is 7.90. The van der Waals surface area contributed by atoms with Crippen molar-refractivity contribution in [3.05, 3.63) is 48.6 Å². The SMILES string of the molecule is O[C@@]1([C@]2(O)C[C@@H]3C=C[C@H]4C=C[C@H]2[C@H]43)C[C@@H]2C=C[C@@H]3C=C[C@@H]1[C@H]32. The summed E-state index contributed by atoms with van der Waals surface area (Å²) in [5, 5.41) is 23.4. The maximum Gasteiger partial charge on any atom is 0.101 e. The van der Waals surface area contributed by atoms with Gasteiger partial charge in [0.2, 0.25) is 0 Å². The maximum absolute atomic E-state index is 11.7. The first-order valence-corrected chi connectivity index (χ1v) is 8.80. The van der Waals surface area contributed by atoms with Gasteiger partial charge < -0.3 is 10.2 Å². The molecule has 6 aliphatic rings. The smallest absolute Gasteiger partial charge is 0.101 e. The molecule has 0 heterocycles. The second-order valence-corrected chi connectivity index (χ2v) is 8.49. The van der Waals surface area contributed by atoms with Crippen LogP contribution in [0.4, 0.5) is 0 Å². The molecule has 2 nitrogen and oxygen atoms in total. The van der Waals surface area contributed by atoms with E-state index in [0.717, 1.165) is 12.8 Å². The molecule has 2 fully saturated rings. The van der Waals surface area contributed by atoms with Gasteiger partial charge in [-0.25, -0.2) is 0 Å². The van der Waals surface area contributed by atoms with Gasteiger partial charge in [0, 0.05) is 11.8 Å². The molecule has 0 aromatic carbocycles. The fourth-order valence-electron chi connectivity index (χ4n) is 7.06. The number of hydrogen-bond donors (Lipinski definition) is 2. The van der Waals surface area contributed by atoms with Crippen LogP contribution in [0.15, 0.2) is 48.6 Å². The standard InChI is InChI=1S/C20H22O2/c21-19(9-13-3-1-11-5-7-15(19)17(11)13)20(22)10-14-4-2-12-6-8-16(20)18(12)14/h1-8,11-18,21-22H,9-10H2/t11-,12+,13-,14-,15-,16+,17+,18+,19-,20-/m0/s1. The number of hydrogen-bond acceptors (Lipinski definition) is 2. The van der Waals surface area contributed by atoms with E-state index in [9.17, 15) is 10.2 Å². The Bertz CT molecular complexity index is 615. The van der Waals surface area contributed by atoms with Crippen LogP contribution < -0.4 is 0 Å². The van der Waals surface area contributed by atoms with E-state index in [2.05, 4.69) is 48.6 Å². The lowest BCUT2D eigenvalue weighted by Gasteiger charge is -2.45. The Labute approximate surface area is 130 Å². The molecule has 0 spiro atoms. The topological polar surface area (TPSA) is 40.5 Å². The molecule has 6 rings (SSSR count). The minimum Gasteiger partial charge on any atom is -0.386 e. The van der Waals surface area contributed by atoms with E-state index in [1.165, 1.54) is 0 Å². The summed E-state index contributed by atoms with van der Waals surface area (Å²) >= 11 is 0. The van der Waals surface area contributed by atoms with Crippen molar-refractivity contribution in [3.63, 3.8) is 0 Å². The zero-order valence-electron chi connectivity index (χ0n) is 12.5. The Morgan fingerprint density at radius 3 is 1.45 bits per heavy atom. The van der Waals surface area contributed by atoms with Gasteiger partial charge in [0.1, 0.15) is 11.2 Å². The molecule has 0 unspecified atom stereocenters. The van der Waals surface area contributed by atoms with Gasteiger partial charge in [-0.05, 0) is 48.3 Å². The van der Waals surface area contributed by atoms with E-state index in [4.69, 9.17) is 0 Å². The Morgan fingerprint density at radius 2 is 1.00 bits per heavy atom. The molecule has 0 bridgehead atoms. The molecule has 0 aromatic rings. The number of rotatable bonds is 1. The summed E-state index contributed by atoms with van der Waals surface area (Å²) in [4.78, 5) is 0. The molecule has 22 heavy (non-hydrogen) atoms. The van der Waals surface area contributed by atoms with Crippen LogP contribution in [0, 0.1) is 47.3 Å². The lowest BCUT2D eigenvalue weighted by atomic mass is 9.68. The summed E-state index contributed by atoms with van der Waals surface area (Å²) in [5.74, 6) is 3.08. The normalized spacial score (nSPS) is 65.0. The fourth-order valence-corrected chi connectivity index (χ4v) is 7.06. The van der Waals surface area contributed by atoms with E-state index in [-0.39, 0.29) is 11.8 Å². The first-order chi connectivity index (χ1) is 10.6. The van der Waals surface area contributed by atoms with E-state index in [1.54, 1.807) is 0 Å². The van der Waals surface area contributed by atoms with Crippen molar-refractivity contribution in [1.82, 2.24) is 0 Å². The van der Waals surface area contributed by atoms with Crippen LogP contribution in [-0.2, 0) is 0 Å². The second kappa shape index (κ2) is 3.52. The molecular formula is C20H22O2. The van der Waals surface area contributed by atoms with E-state index in [1.807, 2.05) is 0 Å². The third kappa shape index (κ3) is 1.11. The van der Waals surface area contributed by atoms with Gasteiger partial charge >= 0.3 is 0 Å². The van der Waals surface area contributed by atoms with Crippen LogP contribution in [0.5, 0.6) is 0 Å². The monoisotopic (exact) mass is 294 g/mol. The van der Waals surface area contributed by atoms with Crippen molar-refractivity contribution in [2.24, 2.45) is 47.3 Å². The van der Waals surface area contributed by atoms with Crippen LogP contribution in [0.2, 0.25) is 0 Å². The predicted molar refractivity (Wildman–Crippen MR) is 83.6 cm³/mol. The minimum absolute atomic E-state index is 0.123. The van der Waals surface area contributed by atoms with Crippen molar-refractivity contribution in [2.75, 3.05) is 0 Å². The van der Waals surface area contributed by atoms with Crippen molar-refractivity contribution < 1.29 is 10.2 Å². The van der Waals surface area contributed by atoms with Crippen LogP contribution in [0.3, 0.4) is 0 Å². The van der Waals surface area contributed by atoms with Crippen molar-refractivity contribution in [3.8, 4) is 0 Å². The van der Waals surface area contributed by atoms with Gasteiger partial charge in [-0.15, -0.1) is 0 Å². The molecule has 2 heteroatoms. The Hall–Kier alpha value is -1.12. The van der Waals surface area contributed by atoms with Gasteiger partial charge in [0.05, 0.1) is 0 Å². The molecule has 0 aromatic heterocycles. The summed E-state index contributed by atoms with van der Waals surface area (Å²) in [6.07, 6.45) is 19.5. The molecule has 2 saturated carbocycles. The first-order valence-electron chi connectivity index (χ1n) is 8.80. The molecule has 6 aliphatic carbocycles. The Balaban J connectivity index is 1.47. The molecule has 0 saturated heterocycles. The zero-order valence-corrected chi connectivity index (χ0v) is 12.5. The van der Waals surface area contributed by atoms with Crippen LogP contribution >= 0.6 is 0 Å². The highest BCUT2D eigenvalue weighted by Crippen LogP contribution is 2.66. The molecule has 0 aliphatic heterocycles. The molecule has 114 valence electrons. The van der Waals surface area contributed by atoms with Crippen LogP contribution in [-0.4, -0.2) is 21.4 Å². The predicted octanol–water partition coefficient (Wildman–Crippen LogP) is 2.46. The lowest BCUT2D eigenvalue weighted by Crippen LogP contribution is -2.59. The Kier molecular flexibility index (Phi) is 1.97. The number of aliphatic hydroxyl groups is 2. The molecule has 0 amide bonds. The number of allylic oxidation sites excluding steroid dienone is 6. The van der Waals surface area contributed by atoms with Gasteiger partial charge in [-0.1, -0.05) is 48.6 Å². The van der Waals surface area contributed by atoms with Gasteiger partial charge in [-0.3, -0.25) is 0 Å². The maximum atomic E-state index is 11.7. The molecule has 2 N–H and O–H groups in total. The first kappa shape index (κ1) is 12.3. The van der Waals surface area contributed by atoms with E-state index >= 15 is 0 Å². The highest BCUT2D eigenvalue weighted by molar-refractivity contribution is 5.37. The van der Waals surface area contributed by atoms with Crippen molar-refractivity contribution in [1.29, 1.82) is 0 Å². The summed E-state index contributed by atoms with van der Waals surface area (Å²) in [7, 11) is 0. The molecular weight excluding hydrogens is 272 g/mol. The average molecular weight is 294 g/mol. The summed E-state index contributed by atoms with van der Waals surface area (Å²) in [5.41, 5.74) is -1.92. The quantitative estimate of drug-likeness (QED) is 0.729. The zero-order chi connectivity index (χ0) is 14.7. The summed E-state index contributed by atoms with van der Waals surface area (Å²) in [6.45, 7) is 0. The Morgan fingerprint density at radius 1 is 0.591 bits per heavy atom. The van der Waals surface area contributed by atoms with E-state index < -0.39 is 11.2 Å². The molecule has 10 atom stereocenters. The lowest BCUT2D eigenvalue weighted by molar-refractivity contribution is -0.180. The van der Waals surface area contributed by atoms with Gasteiger partial charge in [-0.2, -0.15) is 0 Å². The molecule has 0 radical (unpaired) electrons. The highest BCUT2D eigenvalue weighted by atomic mass is 16.4. The third-order valence-corrected chi connectivity index (χ3v) is 7.90. The summed E-state index contributed by atoms with van der Waals surface area (Å²) < 4.78 is 0. The van der Waals surface area contributed by atoms with Crippen LogP contribution in [0.25, 0.3) is 0 Å². The average Bonchev–Trinajstić information content (AvgIpc) is 3.24. The van der Waals surface area contributed by atoms with Crippen LogP contribution in [0.1, 0.15) is 12.8 Å². The second-order valence-electron chi connectivity index (χ2n) is 8.49. The van der Waals surface area contributed by atoms with Crippen molar-refractivity contribution >= 4 is 0 Å². The van der Waals surface area contributed by atoms with Crippen molar-refractivity contribution in [2.45, 2.75) is 24.0 Å².